The zero-order valence-corrected chi connectivity index (χ0v) is 49.9. The smallest absolute Gasteiger partial charge is 0.306 e. The van der Waals surface area contributed by atoms with Gasteiger partial charge in [-0.2, -0.15) is 0 Å². The largest absolute Gasteiger partial charge is 0.756 e. The maximum Gasteiger partial charge on any atom is 0.306 e. The summed E-state index contributed by atoms with van der Waals surface area (Å²) in [5, 5.41) is 0. The fourth-order valence-electron chi connectivity index (χ4n) is 8.80. The molecule has 10 heteroatoms. The zero-order valence-electron chi connectivity index (χ0n) is 49.0. The Hall–Kier alpha value is -2.29. The first-order chi connectivity index (χ1) is 36.0. The number of phosphoric ester groups is 1. The molecule has 0 saturated carbocycles. The summed E-state index contributed by atoms with van der Waals surface area (Å²) in [7, 11) is 1.18. The van der Waals surface area contributed by atoms with E-state index >= 15 is 0 Å². The van der Waals surface area contributed by atoms with Crippen molar-refractivity contribution < 1.29 is 42.1 Å². The summed E-state index contributed by atoms with van der Waals surface area (Å²) >= 11 is 0. The van der Waals surface area contributed by atoms with Crippen LogP contribution in [0, 0.1) is 0 Å². The van der Waals surface area contributed by atoms with E-state index in [1.807, 2.05) is 21.1 Å². The number of nitrogens with zero attached hydrogens (tertiary/aromatic N) is 1. The number of esters is 2. The molecule has 0 radical (unpaired) electrons. The van der Waals surface area contributed by atoms with Crippen LogP contribution in [0.3, 0.4) is 0 Å². The van der Waals surface area contributed by atoms with E-state index in [1.54, 1.807) is 0 Å². The van der Waals surface area contributed by atoms with Crippen molar-refractivity contribution in [2.45, 2.75) is 290 Å². The number of quaternary nitrogens is 1. The van der Waals surface area contributed by atoms with E-state index in [1.165, 1.54) is 180 Å². The maximum absolute atomic E-state index is 12.8. The van der Waals surface area contributed by atoms with Crippen LogP contribution < -0.4 is 4.89 Å². The summed E-state index contributed by atoms with van der Waals surface area (Å²) in [6, 6.07) is 0. The quantitative estimate of drug-likeness (QED) is 0.0195. The third-order valence-electron chi connectivity index (χ3n) is 13.6. The molecule has 0 bridgehead atoms. The Morgan fingerprint density at radius 3 is 1.15 bits per heavy atom. The van der Waals surface area contributed by atoms with E-state index in [9.17, 15) is 19.0 Å². The van der Waals surface area contributed by atoms with Gasteiger partial charge in [-0.15, -0.1) is 0 Å². The highest BCUT2D eigenvalue weighted by atomic mass is 31.2. The Kier molecular flexibility index (Phi) is 53.7. The molecule has 0 aromatic carbocycles. The van der Waals surface area contributed by atoms with Crippen LogP contribution in [0.15, 0.2) is 60.8 Å². The number of phosphoric acid groups is 1. The van der Waals surface area contributed by atoms with Crippen molar-refractivity contribution >= 4 is 19.8 Å². The molecule has 0 aromatic heterocycles. The molecule has 0 N–H and O–H groups in total. The number of hydrogen-bond acceptors (Lipinski definition) is 8. The lowest BCUT2D eigenvalue weighted by molar-refractivity contribution is -0.870. The van der Waals surface area contributed by atoms with Gasteiger partial charge in [0.1, 0.15) is 19.8 Å². The van der Waals surface area contributed by atoms with Gasteiger partial charge in [0.2, 0.25) is 0 Å². The average Bonchev–Trinajstić information content (AvgIpc) is 3.36. The van der Waals surface area contributed by atoms with Crippen LogP contribution in [0.2, 0.25) is 0 Å². The van der Waals surface area contributed by atoms with Crippen molar-refractivity contribution in [1.29, 1.82) is 0 Å². The lowest BCUT2D eigenvalue weighted by atomic mass is 10.0. The number of unbranched alkanes of at least 4 members (excludes halogenated alkanes) is 33. The third kappa shape index (κ3) is 59.0. The summed E-state index contributed by atoms with van der Waals surface area (Å²) in [6.45, 7) is 4.17. The number of ether oxygens (including phenoxy) is 2. The minimum absolute atomic E-state index is 0.0299. The summed E-state index contributed by atoms with van der Waals surface area (Å²) < 4.78 is 34.2. The van der Waals surface area contributed by atoms with Crippen molar-refractivity contribution in [3.8, 4) is 0 Å². The molecule has 9 nitrogen and oxygen atoms in total. The van der Waals surface area contributed by atoms with E-state index in [4.69, 9.17) is 18.5 Å². The fourth-order valence-corrected chi connectivity index (χ4v) is 9.53. The minimum Gasteiger partial charge on any atom is -0.756 e. The van der Waals surface area contributed by atoms with Crippen LogP contribution >= 0.6 is 7.82 Å². The number of carbonyl (C=O) groups excluding carboxylic acids is 2. The molecule has 0 fully saturated rings. The molecule has 2 unspecified atom stereocenters. The van der Waals surface area contributed by atoms with Crippen molar-refractivity contribution in [2.24, 2.45) is 0 Å². The van der Waals surface area contributed by atoms with E-state index in [0.29, 0.717) is 17.4 Å². The van der Waals surface area contributed by atoms with E-state index in [2.05, 4.69) is 74.6 Å². The lowest BCUT2D eigenvalue weighted by Gasteiger charge is -2.28. The topological polar surface area (TPSA) is 111 Å². The predicted octanol–water partition coefficient (Wildman–Crippen LogP) is 18.9. The normalized spacial score (nSPS) is 13.6. The summed E-state index contributed by atoms with van der Waals surface area (Å²) in [5.74, 6) is -0.820. The molecule has 0 spiro atoms. The van der Waals surface area contributed by atoms with Crippen LogP contribution in [-0.2, 0) is 32.7 Å². The molecule has 0 aliphatic carbocycles. The summed E-state index contributed by atoms with van der Waals surface area (Å²) in [5.41, 5.74) is 0. The molecule has 432 valence electrons. The lowest BCUT2D eigenvalue weighted by Crippen LogP contribution is -2.37. The Morgan fingerprint density at radius 1 is 0.432 bits per heavy atom. The monoisotopic (exact) mass is 1060 g/mol. The van der Waals surface area contributed by atoms with Gasteiger partial charge in [-0.3, -0.25) is 14.2 Å². The zero-order chi connectivity index (χ0) is 54.2. The summed E-state index contributed by atoms with van der Waals surface area (Å²) in [6.07, 6.45) is 71.3. The van der Waals surface area contributed by atoms with Crippen LogP contribution in [0.1, 0.15) is 284 Å². The Labute approximate surface area is 457 Å². The van der Waals surface area contributed by atoms with Crippen LogP contribution in [0.25, 0.3) is 0 Å². The average molecular weight is 1060 g/mol. The second-order valence-electron chi connectivity index (χ2n) is 22.0. The molecule has 74 heavy (non-hydrogen) atoms. The van der Waals surface area contributed by atoms with Gasteiger partial charge in [-0.1, -0.05) is 274 Å². The highest BCUT2D eigenvalue weighted by Crippen LogP contribution is 2.38. The summed E-state index contributed by atoms with van der Waals surface area (Å²) in [4.78, 5) is 37.9. The number of likely N-dealkylation sites (N-methyl/N-ethyl adjacent to an activating group) is 1. The van der Waals surface area contributed by atoms with Gasteiger partial charge in [0.05, 0.1) is 27.7 Å². The predicted molar refractivity (Wildman–Crippen MR) is 314 cm³/mol. The van der Waals surface area contributed by atoms with E-state index in [0.717, 1.165) is 70.6 Å². The molecule has 0 rings (SSSR count). The maximum atomic E-state index is 12.8. The molecule has 0 aromatic rings. The first-order valence-electron chi connectivity index (χ1n) is 31.0. The molecule has 0 saturated heterocycles. The molecule has 0 heterocycles. The molecule has 0 amide bonds. The second-order valence-corrected chi connectivity index (χ2v) is 23.5. The second kappa shape index (κ2) is 55.5. The highest BCUT2D eigenvalue weighted by molar-refractivity contribution is 7.45. The third-order valence-corrected chi connectivity index (χ3v) is 14.5. The standard InChI is InChI=1S/C64H118NO8P/c1-6-8-10-12-14-16-18-20-22-24-26-27-28-29-30-31-32-33-34-35-36-37-39-41-43-45-47-49-51-53-55-57-64(67)73-62(61-72-74(68,69)71-59-58-65(3,4)5)60-70-63(66)56-54-52-50-48-46-44-42-40-38-25-23-21-19-17-15-13-11-9-7-2/h8,10,14,16,20,22,26-27,29-30,62H,6-7,9,11-13,15,17-19,21,23-25,28,31-61H2,1-5H3/b10-8-,16-14-,22-20-,27-26-,30-29-. The number of hydrogen-bond donors (Lipinski definition) is 0. The van der Waals surface area contributed by atoms with Crippen molar-refractivity contribution in [1.82, 2.24) is 0 Å². The van der Waals surface area contributed by atoms with E-state index < -0.39 is 26.5 Å². The van der Waals surface area contributed by atoms with Gasteiger partial charge >= 0.3 is 11.9 Å². The number of allylic oxidation sites excluding steroid dienone is 10. The fraction of sp³-hybridized carbons (Fsp3) is 0.812. The Morgan fingerprint density at radius 2 is 0.770 bits per heavy atom. The van der Waals surface area contributed by atoms with Crippen molar-refractivity contribution in [2.75, 3.05) is 47.5 Å². The minimum atomic E-state index is -4.64. The van der Waals surface area contributed by atoms with Crippen LogP contribution in [0.4, 0.5) is 0 Å². The van der Waals surface area contributed by atoms with Crippen LogP contribution in [-0.4, -0.2) is 70.0 Å². The van der Waals surface area contributed by atoms with Gasteiger partial charge < -0.3 is 27.9 Å². The van der Waals surface area contributed by atoms with Gasteiger partial charge in [-0.25, -0.2) is 0 Å². The molecular formula is C64H118NO8P. The highest BCUT2D eigenvalue weighted by Gasteiger charge is 2.22. The van der Waals surface area contributed by atoms with Gasteiger partial charge in [-0.05, 0) is 57.8 Å². The first kappa shape index (κ1) is 71.7. The SMILES string of the molecule is CC/C=C\C/C=C\C/C=C\C/C=C\C/C=C\CCCCCCCCCCCCCCCCCC(=O)OC(COC(=O)CCCCCCCCCCCCCCCCCCCCC)COP(=O)([O-])OCC[N+](C)(C)C. The number of rotatable bonds is 57. The van der Waals surface area contributed by atoms with Gasteiger partial charge in [0.15, 0.2) is 6.10 Å². The number of carbonyl (C=O) groups is 2. The van der Waals surface area contributed by atoms with Gasteiger partial charge in [0.25, 0.3) is 7.82 Å². The van der Waals surface area contributed by atoms with E-state index in [-0.39, 0.29) is 32.0 Å². The molecule has 0 aliphatic heterocycles. The van der Waals surface area contributed by atoms with Crippen molar-refractivity contribution in [3.63, 3.8) is 0 Å². The van der Waals surface area contributed by atoms with Gasteiger partial charge in [0, 0.05) is 12.8 Å². The Bertz CT molecular complexity index is 1430. The first-order valence-corrected chi connectivity index (χ1v) is 32.5. The van der Waals surface area contributed by atoms with Crippen molar-refractivity contribution in [3.05, 3.63) is 60.8 Å². The molecular weight excluding hydrogens is 942 g/mol. The Balaban J connectivity index is 4.07. The molecule has 2 atom stereocenters. The molecule has 0 aliphatic rings. The van der Waals surface area contributed by atoms with Crippen LogP contribution in [0.5, 0.6) is 0 Å².